The fraction of sp³-hybridized carbons (Fsp3) is 1.00. The molecule has 0 saturated heterocycles. The molecule has 0 bridgehead atoms. The topological polar surface area (TPSA) is 41.5 Å². The first-order valence-corrected chi connectivity index (χ1v) is 6.10. The third-order valence-corrected chi connectivity index (χ3v) is 3.46. The summed E-state index contributed by atoms with van der Waals surface area (Å²) in [5, 5.41) is 12.7. The van der Waals surface area contributed by atoms with Crippen molar-refractivity contribution in [2.24, 2.45) is 5.92 Å². The van der Waals surface area contributed by atoms with E-state index in [0.717, 1.165) is 12.8 Å². The molecule has 1 saturated carbocycles. The van der Waals surface area contributed by atoms with Crippen LogP contribution in [0.1, 0.15) is 39.5 Å². The van der Waals surface area contributed by atoms with Gasteiger partial charge in [0.25, 0.3) is 0 Å². The first-order valence-electron chi connectivity index (χ1n) is 6.10. The lowest BCUT2D eigenvalue weighted by molar-refractivity contribution is -0.0113. The van der Waals surface area contributed by atoms with E-state index in [1.807, 2.05) is 7.05 Å². The zero-order chi connectivity index (χ0) is 11.3. The quantitative estimate of drug-likeness (QED) is 0.645. The van der Waals surface area contributed by atoms with Gasteiger partial charge in [-0.15, -0.1) is 0 Å². The first kappa shape index (κ1) is 12.9. The Balaban J connectivity index is 2.37. The maximum atomic E-state index is 9.49. The molecule has 0 aromatic carbocycles. The molecule has 0 aromatic heterocycles. The Morgan fingerprint density at radius 3 is 2.60 bits per heavy atom. The van der Waals surface area contributed by atoms with Gasteiger partial charge in [-0.25, -0.2) is 0 Å². The Labute approximate surface area is 93.2 Å². The summed E-state index contributed by atoms with van der Waals surface area (Å²) in [5.41, 5.74) is -0.192. The van der Waals surface area contributed by atoms with Crippen molar-refractivity contribution in [3.05, 3.63) is 0 Å². The number of hydrogen-bond donors (Lipinski definition) is 2. The van der Waals surface area contributed by atoms with Gasteiger partial charge in [0.1, 0.15) is 0 Å². The van der Waals surface area contributed by atoms with Crippen LogP contribution in [-0.4, -0.2) is 37.0 Å². The highest BCUT2D eigenvalue weighted by Gasteiger charge is 2.44. The Morgan fingerprint density at radius 1 is 1.53 bits per heavy atom. The van der Waals surface area contributed by atoms with E-state index < -0.39 is 0 Å². The minimum absolute atomic E-state index is 0.174. The second kappa shape index (κ2) is 5.83. The van der Waals surface area contributed by atoms with E-state index in [0.29, 0.717) is 18.6 Å². The largest absolute Gasteiger partial charge is 0.394 e. The van der Waals surface area contributed by atoms with Gasteiger partial charge in [0.15, 0.2) is 0 Å². The fourth-order valence-electron chi connectivity index (χ4n) is 2.06. The van der Waals surface area contributed by atoms with Crippen LogP contribution < -0.4 is 5.32 Å². The van der Waals surface area contributed by atoms with E-state index in [1.54, 1.807) is 0 Å². The van der Waals surface area contributed by atoms with Gasteiger partial charge in [0.2, 0.25) is 0 Å². The summed E-state index contributed by atoms with van der Waals surface area (Å²) in [7, 11) is 1.92. The number of rotatable bonds is 8. The van der Waals surface area contributed by atoms with Crippen molar-refractivity contribution in [2.45, 2.75) is 51.2 Å². The summed E-state index contributed by atoms with van der Waals surface area (Å²) < 4.78 is 5.81. The first-order chi connectivity index (χ1) is 7.18. The molecule has 0 aromatic rings. The molecule has 3 heteroatoms. The van der Waals surface area contributed by atoms with Gasteiger partial charge in [-0.05, 0) is 39.2 Å². The Kier molecular flexibility index (Phi) is 5.03. The molecule has 15 heavy (non-hydrogen) atoms. The van der Waals surface area contributed by atoms with Crippen molar-refractivity contribution in [3.8, 4) is 0 Å². The summed E-state index contributed by atoms with van der Waals surface area (Å²) >= 11 is 0. The van der Waals surface area contributed by atoms with Gasteiger partial charge < -0.3 is 15.2 Å². The zero-order valence-electron chi connectivity index (χ0n) is 10.3. The van der Waals surface area contributed by atoms with Crippen LogP contribution >= 0.6 is 0 Å². The van der Waals surface area contributed by atoms with Gasteiger partial charge in [0.05, 0.1) is 24.9 Å². The van der Waals surface area contributed by atoms with Crippen molar-refractivity contribution in [2.75, 3.05) is 20.3 Å². The monoisotopic (exact) mass is 215 g/mol. The van der Waals surface area contributed by atoms with Crippen molar-refractivity contribution < 1.29 is 9.84 Å². The second-order valence-corrected chi connectivity index (χ2v) is 4.75. The van der Waals surface area contributed by atoms with Crippen LogP contribution in [0.2, 0.25) is 0 Å². The smallest absolute Gasteiger partial charge is 0.0677 e. The van der Waals surface area contributed by atoms with Crippen molar-refractivity contribution in [1.82, 2.24) is 5.32 Å². The standard InChI is InChI=1S/C12H25NO2/c1-4-5-10(2)15-9-12(8-14,13-3)11-6-7-11/h10-11,13-14H,4-9H2,1-3H3. The molecule has 1 aliphatic rings. The van der Waals surface area contributed by atoms with Gasteiger partial charge in [-0.1, -0.05) is 13.3 Å². The Hall–Kier alpha value is -0.120. The van der Waals surface area contributed by atoms with Crippen molar-refractivity contribution >= 4 is 0 Å². The lowest BCUT2D eigenvalue weighted by Gasteiger charge is -2.32. The predicted molar refractivity (Wildman–Crippen MR) is 61.9 cm³/mol. The molecule has 3 nitrogen and oxygen atoms in total. The number of aliphatic hydroxyl groups is 1. The minimum Gasteiger partial charge on any atom is -0.394 e. The van der Waals surface area contributed by atoms with E-state index in [9.17, 15) is 5.11 Å². The van der Waals surface area contributed by atoms with Crippen LogP contribution in [0.3, 0.4) is 0 Å². The highest BCUT2D eigenvalue weighted by Crippen LogP contribution is 2.39. The molecule has 90 valence electrons. The van der Waals surface area contributed by atoms with Gasteiger partial charge in [0, 0.05) is 0 Å². The molecule has 1 aliphatic carbocycles. The average Bonchev–Trinajstić information content (AvgIpc) is 3.05. The summed E-state index contributed by atoms with van der Waals surface area (Å²) in [6.45, 7) is 5.07. The molecule has 0 radical (unpaired) electrons. The van der Waals surface area contributed by atoms with Crippen LogP contribution in [0, 0.1) is 5.92 Å². The highest BCUT2D eigenvalue weighted by molar-refractivity contribution is 5.00. The van der Waals surface area contributed by atoms with Crippen LogP contribution in [0.4, 0.5) is 0 Å². The van der Waals surface area contributed by atoms with Crippen LogP contribution in [0.15, 0.2) is 0 Å². The number of aliphatic hydroxyl groups excluding tert-OH is 1. The Bertz CT molecular complexity index is 176. The Morgan fingerprint density at radius 2 is 2.20 bits per heavy atom. The molecule has 2 unspecified atom stereocenters. The molecule has 0 spiro atoms. The number of likely N-dealkylation sites (N-methyl/N-ethyl adjacent to an activating group) is 1. The summed E-state index contributed by atoms with van der Waals surface area (Å²) in [5.74, 6) is 0.598. The third kappa shape index (κ3) is 3.44. The van der Waals surface area contributed by atoms with Crippen LogP contribution in [0.25, 0.3) is 0 Å². The molecule has 1 fully saturated rings. The normalized spacial score (nSPS) is 22.4. The lowest BCUT2D eigenvalue weighted by atomic mass is 9.95. The molecule has 2 N–H and O–H groups in total. The number of hydrogen-bond acceptors (Lipinski definition) is 3. The van der Waals surface area contributed by atoms with Crippen LogP contribution in [0.5, 0.6) is 0 Å². The third-order valence-electron chi connectivity index (χ3n) is 3.46. The lowest BCUT2D eigenvalue weighted by Crippen LogP contribution is -2.53. The summed E-state index contributed by atoms with van der Waals surface area (Å²) in [6.07, 6.45) is 4.97. The minimum atomic E-state index is -0.192. The van der Waals surface area contributed by atoms with E-state index in [4.69, 9.17) is 4.74 Å². The SMILES string of the molecule is CCCC(C)OCC(CO)(NC)C1CC1. The van der Waals surface area contributed by atoms with Crippen molar-refractivity contribution in [1.29, 1.82) is 0 Å². The summed E-state index contributed by atoms with van der Waals surface area (Å²) in [4.78, 5) is 0. The molecule has 0 aliphatic heterocycles. The maximum absolute atomic E-state index is 9.49. The average molecular weight is 215 g/mol. The van der Waals surface area contributed by atoms with Crippen molar-refractivity contribution in [3.63, 3.8) is 0 Å². The molecule has 1 rings (SSSR count). The fourth-order valence-corrected chi connectivity index (χ4v) is 2.06. The number of ether oxygens (including phenoxy) is 1. The number of nitrogens with one attached hydrogen (secondary N) is 1. The maximum Gasteiger partial charge on any atom is 0.0677 e. The predicted octanol–water partition coefficient (Wildman–Crippen LogP) is 1.55. The zero-order valence-corrected chi connectivity index (χ0v) is 10.3. The van der Waals surface area contributed by atoms with E-state index in [1.165, 1.54) is 12.8 Å². The molecular formula is C12H25NO2. The van der Waals surface area contributed by atoms with E-state index >= 15 is 0 Å². The second-order valence-electron chi connectivity index (χ2n) is 4.75. The summed E-state index contributed by atoms with van der Waals surface area (Å²) in [6, 6.07) is 0. The van der Waals surface area contributed by atoms with E-state index in [2.05, 4.69) is 19.2 Å². The molecular weight excluding hydrogens is 190 g/mol. The highest BCUT2D eigenvalue weighted by atomic mass is 16.5. The van der Waals surface area contributed by atoms with Gasteiger partial charge in [-0.3, -0.25) is 0 Å². The molecule has 0 amide bonds. The van der Waals surface area contributed by atoms with E-state index in [-0.39, 0.29) is 12.1 Å². The molecule has 2 atom stereocenters. The van der Waals surface area contributed by atoms with Crippen LogP contribution in [-0.2, 0) is 4.74 Å². The molecule has 0 heterocycles. The van der Waals surface area contributed by atoms with Gasteiger partial charge >= 0.3 is 0 Å². The van der Waals surface area contributed by atoms with Gasteiger partial charge in [-0.2, -0.15) is 0 Å².